The topological polar surface area (TPSA) is 66.5 Å². The summed E-state index contributed by atoms with van der Waals surface area (Å²) in [6, 6.07) is 1.89. The van der Waals surface area contributed by atoms with Gasteiger partial charge in [0.1, 0.15) is 16.2 Å². The van der Waals surface area contributed by atoms with Crippen LogP contribution in [-0.4, -0.2) is 20.2 Å². The van der Waals surface area contributed by atoms with E-state index in [1.54, 1.807) is 6.20 Å². The lowest BCUT2D eigenvalue weighted by molar-refractivity contribution is 0.910. The van der Waals surface area contributed by atoms with Gasteiger partial charge in [-0.05, 0) is 28.8 Å². The third-order valence-corrected chi connectivity index (χ3v) is 3.09. The molecule has 1 aliphatic rings. The van der Waals surface area contributed by atoms with E-state index in [9.17, 15) is 0 Å². The lowest BCUT2D eigenvalue weighted by Crippen LogP contribution is -2.03. The van der Waals surface area contributed by atoms with Crippen LogP contribution >= 0.6 is 15.9 Å². The third kappa shape index (κ3) is 2.63. The SMILES string of the molecule is Brc1cc(NCc2cn[nH]c2)nc(C2CC2)n1. The van der Waals surface area contributed by atoms with Crippen molar-refractivity contribution in [3.05, 3.63) is 34.5 Å². The fourth-order valence-corrected chi connectivity index (χ4v) is 2.02. The quantitative estimate of drug-likeness (QED) is 0.850. The summed E-state index contributed by atoms with van der Waals surface area (Å²) in [5.74, 6) is 2.35. The summed E-state index contributed by atoms with van der Waals surface area (Å²) < 4.78 is 0.837. The normalized spacial score (nSPS) is 14.9. The maximum absolute atomic E-state index is 4.51. The zero-order valence-corrected chi connectivity index (χ0v) is 10.7. The van der Waals surface area contributed by atoms with Gasteiger partial charge in [0.15, 0.2) is 0 Å². The monoisotopic (exact) mass is 293 g/mol. The van der Waals surface area contributed by atoms with Crippen molar-refractivity contribution >= 4 is 21.7 Å². The van der Waals surface area contributed by atoms with Crippen LogP contribution in [0.3, 0.4) is 0 Å². The van der Waals surface area contributed by atoms with E-state index in [2.05, 4.69) is 41.4 Å². The molecule has 2 heterocycles. The predicted molar refractivity (Wildman–Crippen MR) is 67.6 cm³/mol. The molecule has 0 unspecified atom stereocenters. The molecule has 1 fully saturated rings. The van der Waals surface area contributed by atoms with E-state index in [0.29, 0.717) is 12.5 Å². The van der Waals surface area contributed by atoms with Crippen LogP contribution in [0.1, 0.15) is 30.1 Å². The van der Waals surface area contributed by atoms with Gasteiger partial charge in [-0.3, -0.25) is 5.10 Å². The van der Waals surface area contributed by atoms with E-state index in [1.165, 1.54) is 12.8 Å². The van der Waals surface area contributed by atoms with Crippen LogP contribution < -0.4 is 5.32 Å². The van der Waals surface area contributed by atoms with Crippen molar-refractivity contribution in [1.29, 1.82) is 0 Å². The van der Waals surface area contributed by atoms with E-state index in [-0.39, 0.29) is 0 Å². The van der Waals surface area contributed by atoms with Gasteiger partial charge in [0.05, 0.1) is 6.20 Å². The minimum atomic E-state index is 0.557. The number of nitrogens with one attached hydrogen (secondary N) is 2. The van der Waals surface area contributed by atoms with Crippen LogP contribution in [0.2, 0.25) is 0 Å². The first-order valence-corrected chi connectivity index (χ1v) is 6.36. The second-order valence-corrected chi connectivity index (χ2v) is 4.98. The van der Waals surface area contributed by atoms with E-state index in [4.69, 9.17) is 0 Å². The van der Waals surface area contributed by atoms with Gasteiger partial charge in [0, 0.05) is 30.3 Å². The number of hydrogen-bond acceptors (Lipinski definition) is 4. The number of nitrogens with zero attached hydrogens (tertiary/aromatic N) is 3. The largest absolute Gasteiger partial charge is 0.366 e. The molecule has 0 radical (unpaired) electrons. The Morgan fingerprint density at radius 3 is 3.00 bits per heavy atom. The van der Waals surface area contributed by atoms with Crippen LogP contribution in [-0.2, 0) is 6.54 Å². The molecule has 0 bridgehead atoms. The molecule has 0 amide bonds. The fourth-order valence-electron chi connectivity index (χ4n) is 1.62. The molecular weight excluding hydrogens is 282 g/mol. The number of hydrogen-bond donors (Lipinski definition) is 2. The number of rotatable bonds is 4. The van der Waals surface area contributed by atoms with Crippen molar-refractivity contribution in [3.63, 3.8) is 0 Å². The molecule has 0 saturated heterocycles. The van der Waals surface area contributed by atoms with Gasteiger partial charge in [-0.2, -0.15) is 5.10 Å². The van der Waals surface area contributed by atoms with Crippen LogP contribution in [0.25, 0.3) is 0 Å². The van der Waals surface area contributed by atoms with Crippen molar-refractivity contribution in [2.75, 3.05) is 5.32 Å². The molecular formula is C11H12BrN5. The average molecular weight is 294 g/mol. The number of aromatic amines is 1. The highest BCUT2D eigenvalue weighted by Crippen LogP contribution is 2.38. The summed E-state index contributed by atoms with van der Waals surface area (Å²) in [5, 5.41) is 9.96. The Bertz CT molecular complexity index is 507. The maximum Gasteiger partial charge on any atom is 0.135 e. The highest BCUT2D eigenvalue weighted by atomic mass is 79.9. The molecule has 0 aromatic carbocycles. The minimum absolute atomic E-state index is 0.557. The molecule has 2 aromatic heterocycles. The van der Waals surface area contributed by atoms with Gasteiger partial charge in [-0.15, -0.1) is 0 Å². The predicted octanol–water partition coefficient (Wildman–Crippen LogP) is 2.45. The Kier molecular flexibility index (Phi) is 2.80. The first-order valence-electron chi connectivity index (χ1n) is 5.57. The Hall–Kier alpha value is -1.43. The van der Waals surface area contributed by atoms with Crippen molar-refractivity contribution < 1.29 is 0 Å². The smallest absolute Gasteiger partial charge is 0.135 e. The first-order chi connectivity index (χ1) is 8.31. The molecule has 3 rings (SSSR count). The van der Waals surface area contributed by atoms with Gasteiger partial charge in [-0.25, -0.2) is 9.97 Å². The van der Waals surface area contributed by atoms with Crippen molar-refractivity contribution in [2.24, 2.45) is 0 Å². The zero-order chi connectivity index (χ0) is 11.7. The van der Waals surface area contributed by atoms with Crippen LogP contribution in [0, 0.1) is 0 Å². The molecule has 1 aliphatic carbocycles. The molecule has 0 aliphatic heterocycles. The molecule has 2 aromatic rings. The van der Waals surface area contributed by atoms with Crippen molar-refractivity contribution in [1.82, 2.24) is 20.2 Å². The van der Waals surface area contributed by atoms with Gasteiger partial charge >= 0.3 is 0 Å². The van der Waals surface area contributed by atoms with Gasteiger partial charge in [-0.1, -0.05) is 0 Å². The average Bonchev–Trinajstić information content (AvgIpc) is 3.04. The second kappa shape index (κ2) is 4.44. The molecule has 0 spiro atoms. The van der Waals surface area contributed by atoms with Crippen molar-refractivity contribution in [2.45, 2.75) is 25.3 Å². The number of H-pyrrole nitrogens is 1. The standard InChI is InChI=1S/C11H12BrN5/c12-9-3-10(13-4-7-5-14-15-6-7)17-11(16-9)8-1-2-8/h3,5-6,8H,1-2,4H2,(H,14,15)(H,13,16,17). The molecule has 6 heteroatoms. The van der Waals surface area contributed by atoms with E-state index in [0.717, 1.165) is 21.8 Å². The highest BCUT2D eigenvalue weighted by molar-refractivity contribution is 9.10. The lowest BCUT2D eigenvalue weighted by Gasteiger charge is -2.06. The lowest BCUT2D eigenvalue weighted by atomic mass is 10.3. The highest BCUT2D eigenvalue weighted by Gasteiger charge is 2.27. The fraction of sp³-hybridized carbons (Fsp3) is 0.364. The van der Waals surface area contributed by atoms with E-state index in [1.807, 2.05) is 12.3 Å². The second-order valence-electron chi connectivity index (χ2n) is 4.17. The Labute approximate surface area is 107 Å². The first kappa shape index (κ1) is 10.7. The number of aromatic nitrogens is 4. The summed E-state index contributed by atoms with van der Waals surface area (Å²) in [4.78, 5) is 8.90. The molecule has 17 heavy (non-hydrogen) atoms. The summed E-state index contributed by atoms with van der Waals surface area (Å²) in [5.41, 5.74) is 1.10. The van der Waals surface area contributed by atoms with E-state index >= 15 is 0 Å². The van der Waals surface area contributed by atoms with E-state index < -0.39 is 0 Å². The third-order valence-electron chi connectivity index (χ3n) is 2.68. The van der Waals surface area contributed by atoms with Crippen LogP contribution in [0.4, 0.5) is 5.82 Å². The number of halogens is 1. The van der Waals surface area contributed by atoms with Crippen molar-refractivity contribution in [3.8, 4) is 0 Å². The van der Waals surface area contributed by atoms with Crippen LogP contribution in [0.15, 0.2) is 23.1 Å². The summed E-state index contributed by atoms with van der Waals surface area (Å²) >= 11 is 3.42. The van der Waals surface area contributed by atoms with Crippen LogP contribution in [0.5, 0.6) is 0 Å². The summed E-state index contributed by atoms with van der Waals surface area (Å²) in [6.45, 7) is 0.712. The molecule has 88 valence electrons. The zero-order valence-electron chi connectivity index (χ0n) is 9.15. The van der Waals surface area contributed by atoms with Gasteiger partial charge < -0.3 is 5.32 Å². The van der Waals surface area contributed by atoms with Gasteiger partial charge in [0.25, 0.3) is 0 Å². The molecule has 5 nitrogen and oxygen atoms in total. The number of anilines is 1. The summed E-state index contributed by atoms with van der Waals surface area (Å²) in [7, 11) is 0. The Morgan fingerprint density at radius 2 is 2.29 bits per heavy atom. The minimum Gasteiger partial charge on any atom is -0.366 e. The maximum atomic E-state index is 4.51. The Morgan fingerprint density at radius 1 is 1.41 bits per heavy atom. The molecule has 2 N–H and O–H groups in total. The summed E-state index contributed by atoms with van der Waals surface area (Å²) in [6.07, 6.45) is 6.07. The molecule has 1 saturated carbocycles. The van der Waals surface area contributed by atoms with Gasteiger partial charge in [0.2, 0.25) is 0 Å². The Balaban J connectivity index is 1.73. The molecule has 0 atom stereocenters.